The Labute approximate surface area is 194 Å². The third-order valence-electron chi connectivity index (χ3n) is 5.89. The number of hydrogen-bond acceptors (Lipinski definition) is 6. The molecule has 176 valence electrons. The Hall–Kier alpha value is -3.26. The predicted molar refractivity (Wildman–Crippen MR) is 123 cm³/mol. The normalized spacial score (nSPS) is 16.5. The van der Waals surface area contributed by atoms with E-state index in [0.29, 0.717) is 18.8 Å². The summed E-state index contributed by atoms with van der Waals surface area (Å²) >= 11 is 0. The third kappa shape index (κ3) is 5.96. The lowest BCUT2D eigenvalue weighted by atomic mass is 10.0. The molecule has 0 aliphatic carbocycles. The van der Waals surface area contributed by atoms with E-state index in [4.69, 9.17) is 14.2 Å². The Morgan fingerprint density at radius 2 is 1.73 bits per heavy atom. The van der Waals surface area contributed by atoms with Crippen molar-refractivity contribution in [2.45, 2.75) is 26.4 Å². The zero-order valence-corrected chi connectivity index (χ0v) is 19.2. The fourth-order valence-corrected chi connectivity index (χ4v) is 4.01. The minimum Gasteiger partial charge on any atom is -0.484 e. The number of piperazine rings is 1. The van der Waals surface area contributed by atoms with Crippen molar-refractivity contribution in [2.75, 3.05) is 39.6 Å². The lowest BCUT2D eigenvalue weighted by molar-refractivity contribution is -0.139. The minimum atomic E-state index is -0.572. The maximum atomic E-state index is 13.2. The van der Waals surface area contributed by atoms with E-state index < -0.39 is 6.04 Å². The van der Waals surface area contributed by atoms with Gasteiger partial charge in [0.15, 0.2) is 18.1 Å². The summed E-state index contributed by atoms with van der Waals surface area (Å²) in [6.07, 6.45) is 0. The van der Waals surface area contributed by atoms with E-state index in [0.717, 1.165) is 36.7 Å². The SMILES string of the molecule is CC(C)[C@@H](NC(=O)COc1ccccc1)C(=O)N1CCN(Cc2ccc3c(c2)OCO3)CC1. The monoisotopic (exact) mass is 453 g/mol. The first kappa shape index (κ1) is 22.9. The molecule has 2 aliphatic heterocycles. The summed E-state index contributed by atoms with van der Waals surface area (Å²) in [4.78, 5) is 29.7. The van der Waals surface area contributed by atoms with Crippen LogP contribution in [0.15, 0.2) is 48.5 Å². The van der Waals surface area contributed by atoms with Crippen LogP contribution in [-0.4, -0.2) is 67.2 Å². The first-order valence-corrected chi connectivity index (χ1v) is 11.4. The zero-order chi connectivity index (χ0) is 23.2. The van der Waals surface area contributed by atoms with Crippen molar-refractivity contribution in [2.24, 2.45) is 5.92 Å². The van der Waals surface area contributed by atoms with Crippen molar-refractivity contribution >= 4 is 11.8 Å². The standard InChI is InChI=1S/C25H31N3O5/c1-18(2)24(26-23(29)16-31-20-6-4-3-5-7-20)25(30)28-12-10-27(11-13-28)15-19-8-9-21-22(14-19)33-17-32-21/h3-9,14,18,24H,10-13,15-17H2,1-2H3,(H,26,29)/t24-/m1/s1. The van der Waals surface area contributed by atoms with E-state index in [9.17, 15) is 9.59 Å². The molecule has 8 nitrogen and oxygen atoms in total. The molecule has 1 fully saturated rings. The zero-order valence-electron chi connectivity index (χ0n) is 19.2. The van der Waals surface area contributed by atoms with Gasteiger partial charge < -0.3 is 24.4 Å². The molecule has 0 spiro atoms. The van der Waals surface area contributed by atoms with E-state index in [1.807, 2.05) is 55.1 Å². The highest BCUT2D eigenvalue weighted by atomic mass is 16.7. The van der Waals surface area contributed by atoms with E-state index in [-0.39, 0.29) is 31.1 Å². The highest BCUT2D eigenvalue weighted by Gasteiger charge is 2.31. The molecular weight excluding hydrogens is 422 g/mol. The van der Waals surface area contributed by atoms with Gasteiger partial charge in [-0.3, -0.25) is 14.5 Å². The molecule has 33 heavy (non-hydrogen) atoms. The second-order valence-corrected chi connectivity index (χ2v) is 8.68. The first-order valence-electron chi connectivity index (χ1n) is 11.4. The first-order chi connectivity index (χ1) is 16.0. The van der Waals surface area contributed by atoms with Crippen LogP contribution in [0.5, 0.6) is 17.2 Å². The Morgan fingerprint density at radius 1 is 1.00 bits per heavy atom. The number of amides is 2. The van der Waals surface area contributed by atoms with Gasteiger partial charge in [0.05, 0.1) is 0 Å². The van der Waals surface area contributed by atoms with Gasteiger partial charge in [0.25, 0.3) is 5.91 Å². The van der Waals surface area contributed by atoms with Crippen LogP contribution in [0.1, 0.15) is 19.4 Å². The Kier molecular flexibility index (Phi) is 7.34. The summed E-state index contributed by atoms with van der Waals surface area (Å²) in [7, 11) is 0. The third-order valence-corrected chi connectivity index (χ3v) is 5.89. The molecule has 2 aromatic rings. The highest BCUT2D eigenvalue weighted by molar-refractivity contribution is 5.88. The van der Waals surface area contributed by atoms with Crippen molar-refractivity contribution in [3.05, 3.63) is 54.1 Å². The molecule has 1 N–H and O–H groups in total. The highest BCUT2D eigenvalue weighted by Crippen LogP contribution is 2.32. The van der Waals surface area contributed by atoms with Crippen molar-refractivity contribution in [1.29, 1.82) is 0 Å². The molecule has 0 bridgehead atoms. The summed E-state index contributed by atoms with van der Waals surface area (Å²) in [6.45, 7) is 7.63. The second-order valence-electron chi connectivity index (χ2n) is 8.68. The largest absolute Gasteiger partial charge is 0.484 e. The van der Waals surface area contributed by atoms with Crippen LogP contribution in [0.2, 0.25) is 0 Å². The van der Waals surface area contributed by atoms with Crippen molar-refractivity contribution in [3.63, 3.8) is 0 Å². The molecule has 0 saturated carbocycles. The van der Waals surface area contributed by atoms with Gasteiger partial charge in [0.1, 0.15) is 11.8 Å². The summed E-state index contributed by atoms with van der Waals surface area (Å²) in [6, 6.07) is 14.6. The molecule has 4 rings (SSSR count). The maximum Gasteiger partial charge on any atom is 0.258 e. The van der Waals surface area contributed by atoms with Crippen molar-refractivity contribution in [3.8, 4) is 17.2 Å². The number of para-hydroxylation sites is 1. The average molecular weight is 454 g/mol. The topological polar surface area (TPSA) is 80.3 Å². The van der Waals surface area contributed by atoms with Gasteiger partial charge >= 0.3 is 0 Å². The molecule has 2 aliphatic rings. The Bertz CT molecular complexity index is 958. The number of fused-ring (bicyclic) bond motifs is 1. The lowest BCUT2D eigenvalue weighted by Gasteiger charge is -2.37. The van der Waals surface area contributed by atoms with Crippen LogP contribution in [0.25, 0.3) is 0 Å². The van der Waals surface area contributed by atoms with Crippen LogP contribution in [0.3, 0.4) is 0 Å². The summed E-state index contributed by atoms with van der Waals surface area (Å²) in [5, 5.41) is 2.86. The molecule has 0 aromatic heterocycles. The van der Waals surface area contributed by atoms with Gasteiger partial charge in [0, 0.05) is 32.7 Å². The van der Waals surface area contributed by atoms with Crippen LogP contribution >= 0.6 is 0 Å². The number of hydrogen-bond donors (Lipinski definition) is 1. The number of benzene rings is 2. The molecule has 2 heterocycles. The number of rotatable bonds is 8. The van der Waals surface area contributed by atoms with Crippen LogP contribution in [0.4, 0.5) is 0 Å². The minimum absolute atomic E-state index is 0.0233. The van der Waals surface area contributed by atoms with E-state index >= 15 is 0 Å². The predicted octanol–water partition coefficient (Wildman–Crippen LogP) is 2.28. The number of carbonyl (C=O) groups excluding carboxylic acids is 2. The molecule has 2 aromatic carbocycles. The van der Waals surface area contributed by atoms with Crippen molar-refractivity contribution in [1.82, 2.24) is 15.1 Å². The van der Waals surface area contributed by atoms with Gasteiger partial charge in [-0.1, -0.05) is 38.1 Å². The van der Waals surface area contributed by atoms with Crippen LogP contribution < -0.4 is 19.5 Å². The summed E-state index contributed by atoms with van der Waals surface area (Å²) in [5.41, 5.74) is 1.16. The molecule has 8 heteroatoms. The molecule has 0 radical (unpaired) electrons. The molecule has 1 saturated heterocycles. The van der Waals surface area contributed by atoms with Gasteiger partial charge in [-0.05, 0) is 35.7 Å². The average Bonchev–Trinajstić information content (AvgIpc) is 3.30. The number of nitrogens with one attached hydrogen (secondary N) is 1. The van der Waals surface area contributed by atoms with Gasteiger partial charge in [-0.25, -0.2) is 0 Å². The number of nitrogens with zero attached hydrogens (tertiary/aromatic N) is 2. The lowest BCUT2D eigenvalue weighted by Crippen LogP contribution is -2.56. The fraction of sp³-hybridized carbons (Fsp3) is 0.440. The molecule has 2 amide bonds. The fourth-order valence-electron chi connectivity index (χ4n) is 4.01. The smallest absolute Gasteiger partial charge is 0.258 e. The summed E-state index contributed by atoms with van der Waals surface area (Å²) < 4.78 is 16.3. The quantitative estimate of drug-likeness (QED) is 0.661. The van der Waals surface area contributed by atoms with Gasteiger partial charge in [-0.15, -0.1) is 0 Å². The van der Waals surface area contributed by atoms with E-state index in [1.54, 1.807) is 12.1 Å². The maximum absolute atomic E-state index is 13.2. The molecular formula is C25H31N3O5. The van der Waals surface area contributed by atoms with Crippen LogP contribution in [0, 0.1) is 5.92 Å². The number of carbonyl (C=O) groups is 2. The Balaban J connectivity index is 1.26. The Morgan fingerprint density at radius 3 is 2.45 bits per heavy atom. The molecule has 1 atom stereocenters. The van der Waals surface area contributed by atoms with Gasteiger partial charge in [-0.2, -0.15) is 0 Å². The van der Waals surface area contributed by atoms with E-state index in [2.05, 4.69) is 10.2 Å². The second kappa shape index (κ2) is 10.6. The van der Waals surface area contributed by atoms with E-state index in [1.165, 1.54) is 0 Å². The van der Waals surface area contributed by atoms with Crippen LogP contribution in [-0.2, 0) is 16.1 Å². The molecule has 0 unspecified atom stereocenters. The van der Waals surface area contributed by atoms with Gasteiger partial charge in [0.2, 0.25) is 12.7 Å². The van der Waals surface area contributed by atoms with Crippen molar-refractivity contribution < 1.29 is 23.8 Å². The summed E-state index contributed by atoms with van der Waals surface area (Å²) in [5.74, 6) is 1.83. The number of ether oxygens (including phenoxy) is 3.